The number of hydrazine groups is 1. The van der Waals surface area contributed by atoms with Crippen molar-refractivity contribution in [2.75, 3.05) is 0 Å². The van der Waals surface area contributed by atoms with Gasteiger partial charge in [0.2, 0.25) is 0 Å². The van der Waals surface area contributed by atoms with Crippen LogP contribution >= 0.6 is 34.7 Å². The van der Waals surface area contributed by atoms with Crippen LogP contribution in [0.25, 0.3) is 0 Å². The fourth-order valence-corrected chi connectivity index (χ4v) is 4.26. The average molecular weight is 419 g/mol. The molecular weight excluding hydrogens is 404 g/mol. The van der Waals surface area contributed by atoms with Crippen LogP contribution in [-0.4, -0.2) is 16.9 Å². The summed E-state index contributed by atoms with van der Waals surface area (Å²) >= 11 is 9.04. The summed E-state index contributed by atoms with van der Waals surface area (Å²) in [6.45, 7) is 0. The van der Waals surface area contributed by atoms with Crippen molar-refractivity contribution < 1.29 is 14.7 Å². The summed E-state index contributed by atoms with van der Waals surface area (Å²) in [6, 6.07) is 15.3. The van der Waals surface area contributed by atoms with Gasteiger partial charge in [0.15, 0.2) is 0 Å². The molecule has 2 aromatic carbocycles. The second-order valence-electron chi connectivity index (χ2n) is 5.43. The maximum absolute atomic E-state index is 12.5. The molecule has 8 heteroatoms. The van der Waals surface area contributed by atoms with E-state index < -0.39 is 11.8 Å². The Morgan fingerprint density at radius 3 is 2.48 bits per heavy atom. The number of carbonyl (C=O) groups excluding carboxylic acids is 2. The first kappa shape index (κ1) is 19.3. The number of hydrogen-bond acceptors (Lipinski definition) is 5. The fourth-order valence-electron chi connectivity index (χ4n) is 2.26. The first-order valence-electron chi connectivity index (χ1n) is 7.88. The molecule has 0 bridgehead atoms. The molecule has 0 saturated heterocycles. The molecule has 0 aliphatic carbocycles. The van der Waals surface area contributed by atoms with Crippen molar-refractivity contribution in [2.24, 2.45) is 0 Å². The Kier molecular flexibility index (Phi) is 6.39. The molecule has 3 N–H and O–H groups in total. The number of carbonyl (C=O) groups is 2. The normalized spacial score (nSPS) is 10.4. The van der Waals surface area contributed by atoms with Crippen molar-refractivity contribution in [1.29, 1.82) is 0 Å². The molecule has 0 atom stereocenters. The number of phenolic OH excluding ortho intramolecular Hbond substituents is 1. The van der Waals surface area contributed by atoms with E-state index >= 15 is 0 Å². The SMILES string of the molecule is O=C(NNC(=O)c1ccccc1SCc1cccs1)c1cc(Cl)ccc1O. The molecule has 0 aliphatic heterocycles. The van der Waals surface area contributed by atoms with E-state index in [1.54, 1.807) is 35.2 Å². The lowest BCUT2D eigenvalue weighted by Gasteiger charge is -2.11. The van der Waals surface area contributed by atoms with Crippen molar-refractivity contribution in [3.63, 3.8) is 0 Å². The number of phenols is 1. The lowest BCUT2D eigenvalue weighted by atomic mass is 10.2. The van der Waals surface area contributed by atoms with E-state index in [9.17, 15) is 14.7 Å². The lowest BCUT2D eigenvalue weighted by Crippen LogP contribution is -2.41. The summed E-state index contributed by atoms with van der Waals surface area (Å²) in [4.78, 5) is 26.7. The standard InChI is InChI=1S/C19H15ClN2O3S2/c20-12-7-8-16(23)15(10-12)19(25)22-21-18(24)14-5-1-2-6-17(14)27-11-13-4-3-9-26-13/h1-10,23H,11H2,(H,21,24)(H,22,25). The molecule has 3 aromatic rings. The smallest absolute Gasteiger partial charge is 0.273 e. The quantitative estimate of drug-likeness (QED) is 0.422. The van der Waals surface area contributed by atoms with Gasteiger partial charge in [-0.15, -0.1) is 23.1 Å². The third-order valence-corrected chi connectivity index (χ3v) is 5.99. The zero-order valence-corrected chi connectivity index (χ0v) is 16.3. The summed E-state index contributed by atoms with van der Waals surface area (Å²) in [6.07, 6.45) is 0. The Bertz CT molecular complexity index is 961. The maximum atomic E-state index is 12.5. The Balaban J connectivity index is 1.65. The van der Waals surface area contributed by atoms with Gasteiger partial charge in [0.1, 0.15) is 5.75 Å². The van der Waals surface area contributed by atoms with Crippen LogP contribution in [0.3, 0.4) is 0 Å². The van der Waals surface area contributed by atoms with E-state index in [1.165, 1.54) is 23.1 Å². The summed E-state index contributed by atoms with van der Waals surface area (Å²) in [7, 11) is 0. The molecule has 5 nitrogen and oxygen atoms in total. The minimum Gasteiger partial charge on any atom is -0.507 e. The minimum absolute atomic E-state index is 0.0249. The molecule has 0 spiro atoms. The molecule has 0 unspecified atom stereocenters. The second kappa shape index (κ2) is 8.94. The van der Waals surface area contributed by atoms with Gasteiger partial charge in [-0.1, -0.05) is 29.8 Å². The van der Waals surface area contributed by atoms with Gasteiger partial charge in [0.25, 0.3) is 11.8 Å². The van der Waals surface area contributed by atoms with Gasteiger partial charge >= 0.3 is 0 Å². The fraction of sp³-hybridized carbons (Fsp3) is 0.0526. The summed E-state index contributed by atoms with van der Waals surface area (Å²) in [5.41, 5.74) is 5.10. The van der Waals surface area contributed by atoms with Crippen LogP contribution in [0.5, 0.6) is 5.75 Å². The van der Waals surface area contributed by atoms with E-state index in [1.807, 2.05) is 29.6 Å². The van der Waals surface area contributed by atoms with Crippen molar-refractivity contribution in [1.82, 2.24) is 10.9 Å². The number of aromatic hydroxyl groups is 1. The molecule has 27 heavy (non-hydrogen) atoms. The average Bonchev–Trinajstić information content (AvgIpc) is 3.20. The van der Waals surface area contributed by atoms with Gasteiger partial charge < -0.3 is 5.11 Å². The Hall–Kier alpha value is -2.48. The van der Waals surface area contributed by atoms with Gasteiger partial charge in [-0.25, -0.2) is 0 Å². The van der Waals surface area contributed by atoms with Gasteiger partial charge in [0, 0.05) is 20.5 Å². The van der Waals surface area contributed by atoms with Crippen LogP contribution in [-0.2, 0) is 5.75 Å². The van der Waals surface area contributed by atoms with Crippen LogP contribution in [0, 0.1) is 0 Å². The van der Waals surface area contributed by atoms with E-state index in [4.69, 9.17) is 11.6 Å². The number of amides is 2. The number of rotatable bonds is 5. The number of nitrogens with one attached hydrogen (secondary N) is 2. The third kappa shape index (κ3) is 5.03. The molecule has 2 amide bonds. The van der Waals surface area contributed by atoms with Crippen LogP contribution in [0.4, 0.5) is 0 Å². The Morgan fingerprint density at radius 2 is 1.74 bits per heavy atom. The minimum atomic E-state index is -0.660. The molecule has 1 aromatic heterocycles. The molecule has 1 heterocycles. The predicted octanol–water partition coefficient (Wildman–Crippen LogP) is 4.47. The highest BCUT2D eigenvalue weighted by Gasteiger charge is 2.15. The number of thiophene rings is 1. The number of hydrogen-bond donors (Lipinski definition) is 3. The van der Waals surface area contributed by atoms with E-state index in [-0.39, 0.29) is 11.3 Å². The van der Waals surface area contributed by atoms with Crippen molar-refractivity contribution in [2.45, 2.75) is 10.6 Å². The largest absolute Gasteiger partial charge is 0.507 e. The van der Waals surface area contributed by atoms with Crippen molar-refractivity contribution in [3.05, 3.63) is 81.0 Å². The summed E-state index contributed by atoms with van der Waals surface area (Å²) < 4.78 is 0. The van der Waals surface area contributed by atoms with Crippen LogP contribution in [0.15, 0.2) is 64.9 Å². The molecule has 0 fully saturated rings. The van der Waals surface area contributed by atoms with Crippen LogP contribution in [0.1, 0.15) is 25.6 Å². The number of thioether (sulfide) groups is 1. The third-order valence-electron chi connectivity index (χ3n) is 3.57. The van der Waals surface area contributed by atoms with Crippen molar-refractivity contribution >= 4 is 46.5 Å². The monoisotopic (exact) mass is 418 g/mol. The highest BCUT2D eigenvalue weighted by Crippen LogP contribution is 2.28. The summed E-state index contributed by atoms with van der Waals surface area (Å²) in [5, 5.41) is 12.1. The zero-order valence-electron chi connectivity index (χ0n) is 13.9. The van der Waals surface area contributed by atoms with E-state index in [0.717, 1.165) is 10.6 Å². The zero-order chi connectivity index (χ0) is 19.2. The summed E-state index contributed by atoms with van der Waals surface area (Å²) in [5.74, 6) is -0.575. The maximum Gasteiger partial charge on any atom is 0.273 e. The molecule has 0 radical (unpaired) electrons. The Morgan fingerprint density at radius 1 is 1.00 bits per heavy atom. The highest BCUT2D eigenvalue weighted by molar-refractivity contribution is 7.98. The lowest BCUT2D eigenvalue weighted by molar-refractivity contribution is 0.0843. The first-order valence-corrected chi connectivity index (χ1v) is 10.1. The predicted molar refractivity (Wildman–Crippen MR) is 108 cm³/mol. The molecule has 3 rings (SSSR count). The second-order valence-corrected chi connectivity index (χ2v) is 7.92. The number of benzene rings is 2. The molecule has 0 aliphatic rings. The van der Waals surface area contributed by atoms with Crippen LogP contribution in [0.2, 0.25) is 5.02 Å². The first-order chi connectivity index (χ1) is 13.0. The molecule has 0 saturated carbocycles. The van der Waals surface area contributed by atoms with E-state index in [2.05, 4.69) is 10.9 Å². The van der Waals surface area contributed by atoms with E-state index in [0.29, 0.717) is 10.6 Å². The van der Waals surface area contributed by atoms with Gasteiger partial charge in [-0.05, 0) is 41.8 Å². The molecule has 138 valence electrons. The number of halogens is 1. The topological polar surface area (TPSA) is 78.4 Å². The van der Waals surface area contributed by atoms with Gasteiger partial charge in [0.05, 0.1) is 11.1 Å². The van der Waals surface area contributed by atoms with Gasteiger partial charge in [-0.2, -0.15) is 0 Å². The Labute approximate surface area is 169 Å². The van der Waals surface area contributed by atoms with Gasteiger partial charge in [-0.3, -0.25) is 20.4 Å². The van der Waals surface area contributed by atoms with Crippen molar-refractivity contribution in [3.8, 4) is 5.75 Å². The highest BCUT2D eigenvalue weighted by atomic mass is 35.5. The van der Waals surface area contributed by atoms with Crippen LogP contribution < -0.4 is 10.9 Å². The molecular formula is C19H15ClN2O3S2.